The lowest BCUT2D eigenvalue weighted by atomic mass is 9.94. The molecule has 2 aromatic rings. The number of nitriles is 1. The maximum atomic E-state index is 13.7. The van der Waals surface area contributed by atoms with Crippen LogP contribution in [0.5, 0.6) is 0 Å². The van der Waals surface area contributed by atoms with E-state index in [-0.39, 0.29) is 41.3 Å². The van der Waals surface area contributed by atoms with E-state index >= 15 is 0 Å². The number of aromatic nitrogens is 1. The van der Waals surface area contributed by atoms with Gasteiger partial charge < -0.3 is 24.1 Å². The van der Waals surface area contributed by atoms with E-state index in [1.807, 2.05) is 0 Å². The smallest absolute Gasteiger partial charge is 0.432 e. The Morgan fingerprint density at radius 2 is 1.95 bits per heavy atom. The highest BCUT2D eigenvalue weighted by Gasteiger charge is 2.48. The molecule has 11 nitrogen and oxygen atoms in total. The Morgan fingerprint density at radius 1 is 1.28 bits per heavy atom. The third kappa shape index (κ3) is 5.61. The first-order valence-corrected chi connectivity index (χ1v) is 11.8. The zero-order valence-electron chi connectivity index (χ0n) is 22.1. The van der Waals surface area contributed by atoms with Gasteiger partial charge in [-0.25, -0.2) is 9.18 Å². The number of nitrogens with zero attached hydrogens (tertiary/aromatic N) is 3. The summed E-state index contributed by atoms with van der Waals surface area (Å²) < 4.78 is 30.3. The second-order valence-electron chi connectivity index (χ2n) is 9.17. The molecule has 0 saturated carbocycles. The highest BCUT2D eigenvalue weighted by Crippen LogP contribution is 2.28. The first-order chi connectivity index (χ1) is 18.4. The van der Waals surface area contributed by atoms with E-state index in [0.29, 0.717) is 5.69 Å². The van der Waals surface area contributed by atoms with Crippen LogP contribution in [0.4, 0.5) is 14.9 Å². The maximum absolute atomic E-state index is 13.7. The summed E-state index contributed by atoms with van der Waals surface area (Å²) in [7, 11) is 1.54. The van der Waals surface area contributed by atoms with Gasteiger partial charge in [-0.15, -0.1) is 6.42 Å². The van der Waals surface area contributed by atoms with Crippen molar-refractivity contribution in [2.45, 2.75) is 39.3 Å². The van der Waals surface area contributed by atoms with Gasteiger partial charge in [0, 0.05) is 18.4 Å². The first kappa shape index (κ1) is 28.9. The number of benzene rings is 1. The molecule has 1 aromatic carbocycles. The van der Waals surface area contributed by atoms with Crippen LogP contribution in [0, 0.1) is 43.3 Å². The molecule has 0 unspecified atom stereocenters. The molecule has 12 heteroatoms. The van der Waals surface area contributed by atoms with Crippen molar-refractivity contribution in [1.82, 2.24) is 9.47 Å². The van der Waals surface area contributed by atoms with Crippen LogP contribution in [-0.4, -0.2) is 64.8 Å². The van der Waals surface area contributed by atoms with Crippen LogP contribution in [0.3, 0.4) is 0 Å². The zero-order valence-corrected chi connectivity index (χ0v) is 22.1. The average molecular weight is 539 g/mol. The summed E-state index contributed by atoms with van der Waals surface area (Å²) in [6.07, 6.45) is 4.14. The molecule has 0 radical (unpaired) electrons. The van der Waals surface area contributed by atoms with E-state index in [2.05, 4.69) is 11.2 Å². The van der Waals surface area contributed by atoms with Gasteiger partial charge in [0.05, 0.1) is 30.4 Å². The van der Waals surface area contributed by atoms with E-state index in [9.17, 15) is 23.6 Å². The number of hydrogen-bond donors (Lipinski definition) is 1. The molecule has 2 amide bonds. The second kappa shape index (κ2) is 11.4. The van der Waals surface area contributed by atoms with Crippen LogP contribution in [0.25, 0.3) is 0 Å². The van der Waals surface area contributed by atoms with E-state index in [1.54, 1.807) is 26.8 Å². The standard InChI is InChI=1S/C27H27FN4O7/c1-7-27(12-37-13-27)32(14-38-26(36)39-15(2)3)25(35)23(33)21-16(4)22(31(6)17(21)5)24(34)30-19-8-9-20(28)18(10-19)11-29/h1,8-10,15H,12-14H2,2-6H3,(H,30,34). The fourth-order valence-electron chi connectivity index (χ4n) is 4.08. The van der Waals surface area contributed by atoms with Crippen LogP contribution in [-0.2, 0) is 26.1 Å². The highest BCUT2D eigenvalue weighted by atomic mass is 19.1. The Labute approximate surface area is 224 Å². The molecule has 0 aliphatic carbocycles. The number of ketones is 1. The van der Waals surface area contributed by atoms with Crippen molar-refractivity contribution in [3.63, 3.8) is 0 Å². The van der Waals surface area contributed by atoms with Gasteiger partial charge in [0.25, 0.3) is 17.6 Å². The monoisotopic (exact) mass is 538 g/mol. The third-order valence-electron chi connectivity index (χ3n) is 6.27. The summed E-state index contributed by atoms with van der Waals surface area (Å²) in [5.74, 6) is -0.973. The molecular formula is C27H27FN4O7. The molecule has 1 N–H and O–H groups in total. The van der Waals surface area contributed by atoms with Crippen LogP contribution >= 0.6 is 0 Å². The predicted octanol–water partition coefficient (Wildman–Crippen LogP) is 2.84. The molecule has 2 heterocycles. The van der Waals surface area contributed by atoms with E-state index in [0.717, 1.165) is 11.0 Å². The second-order valence-corrected chi connectivity index (χ2v) is 9.17. The van der Waals surface area contributed by atoms with Crippen molar-refractivity contribution >= 4 is 29.4 Å². The Bertz CT molecular complexity index is 1430. The fourth-order valence-corrected chi connectivity index (χ4v) is 4.08. The van der Waals surface area contributed by atoms with Crippen molar-refractivity contribution < 1.29 is 37.8 Å². The molecule has 39 heavy (non-hydrogen) atoms. The summed E-state index contributed by atoms with van der Waals surface area (Å²) in [4.78, 5) is 53.0. The summed E-state index contributed by atoms with van der Waals surface area (Å²) >= 11 is 0. The van der Waals surface area contributed by atoms with E-state index in [1.165, 1.54) is 30.7 Å². The summed E-state index contributed by atoms with van der Waals surface area (Å²) in [5.41, 5.74) is -0.864. The number of terminal acetylenes is 1. The molecule has 1 aliphatic rings. The Balaban J connectivity index is 1.92. The van der Waals surface area contributed by atoms with Crippen molar-refractivity contribution in [3.05, 3.63) is 52.1 Å². The van der Waals surface area contributed by atoms with Gasteiger partial charge in [-0.3, -0.25) is 19.3 Å². The zero-order chi connectivity index (χ0) is 29.1. The lowest BCUT2D eigenvalue weighted by Crippen LogP contribution is -2.64. The number of ether oxygens (including phenoxy) is 3. The number of halogens is 1. The van der Waals surface area contributed by atoms with E-state index in [4.69, 9.17) is 25.9 Å². The number of rotatable bonds is 8. The van der Waals surface area contributed by atoms with Gasteiger partial charge in [0.15, 0.2) is 12.3 Å². The normalized spacial score (nSPS) is 13.5. The van der Waals surface area contributed by atoms with Gasteiger partial charge in [-0.2, -0.15) is 5.26 Å². The van der Waals surface area contributed by atoms with Gasteiger partial charge in [0.2, 0.25) is 0 Å². The maximum Gasteiger partial charge on any atom is 0.510 e. The lowest BCUT2D eigenvalue weighted by Gasteiger charge is -2.44. The van der Waals surface area contributed by atoms with Gasteiger partial charge >= 0.3 is 6.16 Å². The van der Waals surface area contributed by atoms with Crippen LogP contribution in [0.1, 0.15) is 51.5 Å². The molecule has 0 spiro atoms. The topological polar surface area (TPSA) is 140 Å². The number of anilines is 1. The number of amides is 2. The third-order valence-corrected chi connectivity index (χ3v) is 6.27. The number of Topliss-reactive ketones (excluding diaryl/α,β-unsaturated/α-hetero) is 1. The first-order valence-electron chi connectivity index (χ1n) is 11.8. The lowest BCUT2D eigenvalue weighted by molar-refractivity contribution is -0.161. The summed E-state index contributed by atoms with van der Waals surface area (Å²) in [6, 6.07) is 5.21. The average Bonchev–Trinajstić information content (AvgIpc) is 3.08. The van der Waals surface area contributed by atoms with E-state index < -0.39 is 47.9 Å². The summed E-state index contributed by atoms with van der Waals surface area (Å²) in [5, 5.41) is 11.6. The van der Waals surface area contributed by atoms with Gasteiger partial charge in [0.1, 0.15) is 17.6 Å². The largest absolute Gasteiger partial charge is 0.510 e. The highest BCUT2D eigenvalue weighted by molar-refractivity contribution is 6.43. The molecule has 1 saturated heterocycles. The minimum atomic E-state index is -1.32. The quantitative estimate of drug-likeness (QED) is 0.178. The number of nitrogens with one attached hydrogen (secondary N) is 1. The van der Waals surface area contributed by atoms with Gasteiger partial charge in [-0.1, -0.05) is 5.92 Å². The minimum absolute atomic E-state index is 0.0355. The molecule has 1 aliphatic heterocycles. The summed E-state index contributed by atoms with van der Waals surface area (Å²) in [6.45, 7) is 5.47. The number of carbonyl (C=O) groups excluding carboxylic acids is 4. The molecule has 1 fully saturated rings. The minimum Gasteiger partial charge on any atom is -0.432 e. The fraction of sp³-hybridized carbons (Fsp3) is 0.370. The number of carbonyl (C=O) groups is 4. The molecule has 0 bridgehead atoms. The molecule has 0 atom stereocenters. The van der Waals surface area contributed by atoms with Gasteiger partial charge in [-0.05, 0) is 51.5 Å². The van der Waals surface area contributed by atoms with Crippen molar-refractivity contribution in [2.75, 3.05) is 25.3 Å². The Hall–Kier alpha value is -4.68. The van der Waals surface area contributed by atoms with Crippen molar-refractivity contribution in [3.8, 4) is 18.4 Å². The van der Waals surface area contributed by atoms with Crippen LogP contribution in [0.2, 0.25) is 0 Å². The predicted molar refractivity (Wildman–Crippen MR) is 135 cm³/mol. The Morgan fingerprint density at radius 3 is 2.49 bits per heavy atom. The van der Waals surface area contributed by atoms with Crippen LogP contribution in [0.15, 0.2) is 18.2 Å². The molecular weight excluding hydrogens is 511 g/mol. The molecule has 1 aromatic heterocycles. The molecule has 204 valence electrons. The van der Waals surface area contributed by atoms with Crippen LogP contribution < -0.4 is 5.32 Å². The van der Waals surface area contributed by atoms with Crippen molar-refractivity contribution in [2.24, 2.45) is 7.05 Å². The Kier molecular flexibility index (Phi) is 8.42. The molecule has 3 rings (SSSR count). The SMILES string of the molecule is C#CC1(N(COC(=O)OC(C)C)C(=O)C(=O)c2c(C)c(C(=O)Nc3ccc(F)c(C#N)c3)n(C)c2C)COC1. The number of hydrogen-bond acceptors (Lipinski definition) is 8. The van der Waals surface area contributed by atoms with Crippen molar-refractivity contribution in [1.29, 1.82) is 5.26 Å².